The van der Waals surface area contributed by atoms with E-state index in [1.165, 1.54) is 23.9 Å². The highest BCUT2D eigenvalue weighted by Crippen LogP contribution is 2.31. The van der Waals surface area contributed by atoms with Gasteiger partial charge >= 0.3 is 5.63 Å². The first-order chi connectivity index (χ1) is 16.9. The lowest BCUT2D eigenvalue weighted by molar-refractivity contribution is 0.466. The van der Waals surface area contributed by atoms with E-state index in [1.807, 2.05) is 41.7 Å². The SMILES string of the molecule is CCc1cc2c(CSc3nnc4n(CCC(C)C)c(=O)c5ccccc5n34)cc(=O)oc2cc1O. The maximum atomic E-state index is 13.2. The van der Waals surface area contributed by atoms with Gasteiger partial charge in [0, 0.05) is 29.8 Å². The van der Waals surface area contributed by atoms with Crippen molar-refractivity contribution in [2.24, 2.45) is 5.92 Å². The predicted octanol–water partition coefficient (Wildman–Crippen LogP) is 4.76. The zero-order chi connectivity index (χ0) is 24.7. The molecule has 0 bridgehead atoms. The Hall–Kier alpha value is -3.59. The fourth-order valence-corrected chi connectivity index (χ4v) is 5.20. The summed E-state index contributed by atoms with van der Waals surface area (Å²) in [7, 11) is 0. The van der Waals surface area contributed by atoms with Crippen molar-refractivity contribution in [2.45, 2.75) is 51.1 Å². The van der Waals surface area contributed by atoms with Crippen molar-refractivity contribution >= 4 is 39.4 Å². The fourth-order valence-electron chi connectivity index (χ4n) is 4.27. The number of phenols is 1. The standard InChI is InChI=1S/C26H26N4O4S/c1-4-16-11-19-17(12-23(32)34-22(19)13-21(16)31)14-35-26-28-27-25-29(10-9-15(2)3)24(33)18-7-5-6-8-20(18)30(25)26/h5-8,11-13,15,31H,4,9-10,14H2,1-3H3. The van der Waals surface area contributed by atoms with Gasteiger partial charge in [-0.25, -0.2) is 4.79 Å². The third-order valence-corrected chi connectivity index (χ3v) is 7.15. The highest BCUT2D eigenvalue weighted by atomic mass is 32.2. The zero-order valence-electron chi connectivity index (χ0n) is 19.8. The molecule has 1 N–H and O–H groups in total. The van der Waals surface area contributed by atoms with Gasteiger partial charge in [0.15, 0.2) is 5.16 Å². The van der Waals surface area contributed by atoms with Crippen LogP contribution in [0.5, 0.6) is 5.75 Å². The number of nitrogens with zero attached hydrogens (tertiary/aromatic N) is 4. The van der Waals surface area contributed by atoms with Gasteiger partial charge in [-0.15, -0.1) is 10.2 Å². The van der Waals surface area contributed by atoms with Gasteiger partial charge in [-0.1, -0.05) is 44.7 Å². The van der Waals surface area contributed by atoms with Crippen molar-refractivity contribution in [1.82, 2.24) is 19.2 Å². The molecule has 0 aliphatic rings. The molecule has 9 heteroatoms. The van der Waals surface area contributed by atoms with E-state index in [4.69, 9.17) is 4.42 Å². The maximum Gasteiger partial charge on any atom is 0.336 e. The molecule has 8 nitrogen and oxygen atoms in total. The van der Waals surface area contributed by atoms with Crippen LogP contribution in [0.4, 0.5) is 0 Å². The van der Waals surface area contributed by atoms with E-state index in [-0.39, 0.29) is 11.3 Å². The first-order valence-electron chi connectivity index (χ1n) is 11.7. The first kappa shape index (κ1) is 23.2. The monoisotopic (exact) mass is 490 g/mol. The van der Waals surface area contributed by atoms with E-state index >= 15 is 0 Å². The minimum absolute atomic E-state index is 0.0729. The lowest BCUT2D eigenvalue weighted by Crippen LogP contribution is -2.24. The van der Waals surface area contributed by atoms with Gasteiger partial charge in [0.1, 0.15) is 11.3 Å². The third kappa shape index (κ3) is 4.20. The molecule has 0 saturated heterocycles. The van der Waals surface area contributed by atoms with Crippen molar-refractivity contribution < 1.29 is 9.52 Å². The Balaban J connectivity index is 1.61. The number of aromatic nitrogens is 4. The fraction of sp³-hybridized carbons (Fsp3) is 0.308. The summed E-state index contributed by atoms with van der Waals surface area (Å²) in [6, 6.07) is 12.3. The van der Waals surface area contributed by atoms with Crippen LogP contribution >= 0.6 is 11.8 Å². The largest absolute Gasteiger partial charge is 0.508 e. The Morgan fingerprint density at radius 3 is 2.63 bits per heavy atom. The van der Waals surface area contributed by atoms with Crippen LogP contribution in [0.25, 0.3) is 27.6 Å². The first-order valence-corrected chi connectivity index (χ1v) is 12.6. The molecular weight excluding hydrogens is 464 g/mol. The summed E-state index contributed by atoms with van der Waals surface area (Å²) in [6.45, 7) is 6.76. The van der Waals surface area contributed by atoms with Crippen LogP contribution in [-0.2, 0) is 18.7 Å². The molecule has 0 aliphatic heterocycles. The summed E-state index contributed by atoms with van der Waals surface area (Å²) in [5.74, 6) is 1.50. The number of hydrogen-bond acceptors (Lipinski definition) is 7. The maximum absolute atomic E-state index is 13.2. The Morgan fingerprint density at radius 2 is 1.86 bits per heavy atom. The summed E-state index contributed by atoms with van der Waals surface area (Å²) in [6.07, 6.45) is 1.50. The van der Waals surface area contributed by atoms with Gasteiger partial charge in [0.05, 0.1) is 10.9 Å². The minimum Gasteiger partial charge on any atom is -0.508 e. The molecule has 0 radical (unpaired) electrons. The zero-order valence-corrected chi connectivity index (χ0v) is 20.6. The Bertz CT molecular complexity index is 1680. The Morgan fingerprint density at radius 1 is 1.06 bits per heavy atom. The Labute approximate surface area is 205 Å². The number of fused-ring (bicyclic) bond motifs is 4. The molecular formula is C26H26N4O4S. The molecule has 35 heavy (non-hydrogen) atoms. The molecule has 0 atom stereocenters. The van der Waals surface area contributed by atoms with Crippen LogP contribution in [0.15, 0.2) is 61.6 Å². The number of aromatic hydroxyl groups is 1. The van der Waals surface area contributed by atoms with Gasteiger partial charge in [-0.2, -0.15) is 0 Å². The minimum atomic E-state index is -0.476. The number of phenolic OH excluding ortho intramolecular Hbond substituents is 1. The quantitative estimate of drug-likeness (QED) is 0.259. The van der Waals surface area contributed by atoms with Crippen LogP contribution in [0.1, 0.15) is 38.3 Å². The van der Waals surface area contributed by atoms with E-state index in [1.54, 1.807) is 4.57 Å². The van der Waals surface area contributed by atoms with Gasteiger partial charge in [0.2, 0.25) is 5.78 Å². The van der Waals surface area contributed by atoms with E-state index in [0.29, 0.717) is 46.5 Å². The smallest absolute Gasteiger partial charge is 0.336 e. The van der Waals surface area contributed by atoms with Crippen molar-refractivity contribution in [2.75, 3.05) is 0 Å². The Kier molecular flexibility index (Phi) is 6.10. The molecule has 180 valence electrons. The molecule has 3 aromatic heterocycles. The van der Waals surface area contributed by atoms with Gasteiger partial charge in [-0.05, 0) is 48.1 Å². The number of rotatable bonds is 7. The second-order valence-corrected chi connectivity index (χ2v) is 9.93. The van der Waals surface area contributed by atoms with Crippen LogP contribution in [-0.4, -0.2) is 24.3 Å². The average molecular weight is 491 g/mol. The molecule has 5 rings (SSSR count). The molecule has 0 spiro atoms. The normalized spacial score (nSPS) is 11.9. The number of benzene rings is 2. The van der Waals surface area contributed by atoms with E-state index in [2.05, 4.69) is 24.0 Å². The van der Waals surface area contributed by atoms with E-state index < -0.39 is 5.63 Å². The molecule has 0 aliphatic carbocycles. The predicted molar refractivity (Wildman–Crippen MR) is 137 cm³/mol. The number of aryl methyl sites for hydroxylation is 2. The highest BCUT2D eigenvalue weighted by Gasteiger charge is 2.18. The second-order valence-electron chi connectivity index (χ2n) is 8.98. The lowest BCUT2D eigenvalue weighted by atomic mass is 10.1. The van der Waals surface area contributed by atoms with Gasteiger partial charge in [-0.3, -0.25) is 13.8 Å². The van der Waals surface area contributed by atoms with Crippen LogP contribution in [0.2, 0.25) is 0 Å². The third-order valence-electron chi connectivity index (χ3n) is 6.18. The van der Waals surface area contributed by atoms with Crippen LogP contribution in [0, 0.1) is 5.92 Å². The van der Waals surface area contributed by atoms with Gasteiger partial charge in [0.25, 0.3) is 5.56 Å². The van der Waals surface area contributed by atoms with Crippen molar-refractivity contribution in [3.8, 4) is 5.75 Å². The number of hydrogen-bond donors (Lipinski definition) is 1. The van der Waals surface area contributed by atoms with Crippen molar-refractivity contribution in [3.05, 3.63) is 74.4 Å². The summed E-state index contributed by atoms with van der Waals surface area (Å²) >= 11 is 1.44. The molecule has 0 saturated carbocycles. The van der Waals surface area contributed by atoms with Crippen molar-refractivity contribution in [3.63, 3.8) is 0 Å². The van der Waals surface area contributed by atoms with E-state index in [0.717, 1.165) is 28.5 Å². The highest BCUT2D eigenvalue weighted by molar-refractivity contribution is 7.98. The second kappa shape index (κ2) is 9.22. The number of thioether (sulfide) groups is 1. The molecule has 2 aromatic carbocycles. The number of para-hydroxylation sites is 1. The summed E-state index contributed by atoms with van der Waals surface area (Å²) in [5, 5.41) is 21.0. The lowest BCUT2D eigenvalue weighted by Gasteiger charge is -2.12. The summed E-state index contributed by atoms with van der Waals surface area (Å²) in [4.78, 5) is 25.4. The molecule has 3 heterocycles. The van der Waals surface area contributed by atoms with Gasteiger partial charge < -0.3 is 9.52 Å². The molecule has 0 amide bonds. The van der Waals surface area contributed by atoms with Crippen LogP contribution < -0.4 is 11.2 Å². The topological polar surface area (TPSA) is 103 Å². The average Bonchev–Trinajstić information content (AvgIpc) is 3.25. The molecule has 0 fully saturated rings. The van der Waals surface area contributed by atoms with Crippen LogP contribution in [0.3, 0.4) is 0 Å². The molecule has 5 aromatic rings. The van der Waals surface area contributed by atoms with Crippen molar-refractivity contribution in [1.29, 1.82) is 0 Å². The summed E-state index contributed by atoms with van der Waals surface area (Å²) in [5.41, 5.74) is 2.11. The summed E-state index contributed by atoms with van der Waals surface area (Å²) < 4.78 is 8.94. The van der Waals surface area contributed by atoms with E-state index in [9.17, 15) is 14.7 Å². The molecule has 0 unspecified atom stereocenters.